The van der Waals surface area contributed by atoms with Crippen LogP contribution in [0.4, 0.5) is 5.69 Å². The number of aryl methyl sites for hydroxylation is 1. The van der Waals surface area contributed by atoms with E-state index < -0.39 is 4.92 Å². The second-order valence-corrected chi connectivity index (χ2v) is 4.54. The Kier molecular flexibility index (Phi) is 4.00. The van der Waals surface area contributed by atoms with E-state index in [0.717, 1.165) is 5.56 Å². The number of hydrogen-bond acceptors (Lipinski definition) is 4. The molecule has 2 aromatic rings. The minimum absolute atomic E-state index is 0.109. The fraction of sp³-hybridized carbons (Fsp3) is 0.0625. The highest BCUT2D eigenvalue weighted by molar-refractivity contribution is 5.97. The molecule has 0 fully saturated rings. The van der Waals surface area contributed by atoms with Crippen molar-refractivity contribution in [1.29, 1.82) is 5.26 Å². The number of allylic oxidation sites excluding steroid dienone is 1. The van der Waals surface area contributed by atoms with Crippen molar-refractivity contribution in [2.75, 3.05) is 0 Å². The van der Waals surface area contributed by atoms with E-state index in [1.54, 1.807) is 36.4 Å². The van der Waals surface area contributed by atoms with E-state index in [1.165, 1.54) is 6.07 Å². The zero-order chi connectivity index (χ0) is 15.4. The van der Waals surface area contributed by atoms with Gasteiger partial charge in [0.1, 0.15) is 6.07 Å². The van der Waals surface area contributed by atoms with Crippen LogP contribution in [0.1, 0.15) is 16.7 Å². The van der Waals surface area contributed by atoms with Gasteiger partial charge in [-0.3, -0.25) is 10.1 Å². The second kappa shape index (κ2) is 5.88. The van der Waals surface area contributed by atoms with Crippen LogP contribution in [0.3, 0.4) is 0 Å². The standard InChI is InChI=1S/C16H13N3O2/c1-11-7-8-15(19(20)21)13(9-11)16(18)14(10-17)12-5-3-2-4-6-12/h2-9H,18H2,1H3/b16-14+. The Morgan fingerprint density at radius 3 is 2.48 bits per heavy atom. The van der Waals surface area contributed by atoms with Crippen molar-refractivity contribution in [1.82, 2.24) is 0 Å². The highest BCUT2D eigenvalue weighted by Crippen LogP contribution is 2.29. The Bertz CT molecular complexity index is 759. The maximum atomic E-state index is 11.1. The van der Waals surface area contributed by atoms with Crippen LogP contribution < -0.4 is 5.73 Å². The van der Waals surface area contributed by atoms with Gasteiger partial charge in [0.05, 0.1) is 21.8 Å². The van der Waals surface area contributed by atoms with Crippen LogP contribution in [-0.4, -0.2) is 4.92 Å². The first-order chi connectivity index (χ1) is 10.0. The van der Waals surface area contributed by atoms with Crippen molar-refractivity contribution in [3.63, 3.8) is 0 Å². The minimum atomic E-state index is -0.498. The third-order valence-corrected chi connectivity index (χ3v) is 3.08. The molecule has 0 saturated heterocycles. The van der Waals surface area contributed by atoms with Gasteiger partial charge in [-0.05, 0) is 24.1 Å². The van der Waals surface area contributed by atoms with Gasteiger partial charge in [-0.15, -0.1) is 0 Å². The lowest BCUT2D eigenvalue weighted by molar-refractivity contribution is -0.385. The maximum Gasteiger partial charge on any atom is 0.278 e. The number of nitriles is 1. The Labute approximate surface area is 122 Å². The lowest BCUT2D eigenvalue weighted by atomic mass is 9.98. The van der Waals surface area contributed by atoms with E-state index >= 15 is 0 Å². The van der Waals surface area contributed by atoms with Gasteiger partial charge in [0.15, 0.2) is 0 Å². The van der Waals surface area contributed by atoms with Gasteiger partial charge >= 0.3 is 0 Å². The van der Waals surface area contributed by atoms with Gasteiger partial charge in [0, 0.05) is 6.07 Å². The van der Waals surface area contributed by atoms with Crippen molar-refractivity contribution in [3.8, 4) is 6.07 Å². The van der Waals surface area contributed by atoms with Gasteiger partial charge in [-0.1, -0.05) is 36.4 Å². The molecule has 5 nitrogen and oxygen atoms in total. The number of nitrogens with two attached hydrogens (primary N) is 1. The minimum Gasteiger partial charge on any atom is -0.397 e. The summed E-state index contributed by atoms with van der Waals surface area (Å²) in [7, 11) is 0. The lowest BCUT2D eigenvalue weighted by Crippen LogP contribution is -2.04. The molecule has 2 rings (SSSR count). The monoisotopic (exact) mass is 279 g/mol. The summed E-state index contributed by atoms with van der Waals surface area (Å²) >= 11 is 0. The smallest absolute Gasteiger partial charge is 0.278 e. The SMILES string of the molecule is Cc1ccc([N+](=O)[O-])c(/C(N)=C(/C#N)c2ccccc2)c1. The molecule has 0 aliphatic heterocycles. The topological polar surface area (TPSA) is 92.9 Å². The number of nitro groups is 1. The molecule has 0 spiro atoms. The largest absolute Gasteiger partial charge is 0.397 e. The molecule has 0 heterocycles. The normalized spacial score (nSPS) is 11.4. The van der Waals surface area contributed by atoms with Crippen molar-refractivity contribution < 1.29 is 4.92 Å². The first kappa shape index (κ1) is 14.3. The van der Waals surface area contributed by atoms with E-state index in [-0.39, 0.29) is 22.5 Å². The molecule has 0 aliphatic carbocycles. The van der Waals surface area contributed by atoms with Crippen LogP contribution in [0.25, 0.3) is 11.3 Å². The zero-order valence-corrected chi connectivity index (χ0v) is 11.4. The highest BCUT2D eigenvalue weighted by Gasteiger charge is 2.19. The first-order valence-corrected chi connectivity index (χ1v) is 6.25. The van der Waals surface area contributed by atoms with Crippen LogP contribution in [0.15, 0.2) is 48.5 Å². The van der Waals surface area contributed by atoms with Crippen molar-refractivity contribution in [2.24, 2.45) is 5.73 Å². The van der Waals surface area contributed by atoms with Crippen LogP contribution in [0.2, 0.25) is 0 Å². The lowest BCUT2D eigenvalue weighted by Gasteiger charge is -2.08. The molecular weight excluding hydrogens is 266 g/mol. The van der Waals surface area contributed by atoms with E-state index in [2.05, 4.69) is 0 Å². The molecule has 0 bridgehead atoms. The Morgan fingerprint density at radius 1 is 1.24 bits per heavy atom. The molecular formula is C16H13N3O2. The number of rotatable bonds is 3. The zero-order valence-electron chi connectivity index (χ0n) is 11.4. The number of benzene rings is 2. The van der Waals surface area contributed by atoms with Gasteiger partial charge in [-0.2, -0.15) is 5.26 Å². The van der Waals surface area contributed by atoms with Gasteiger partial charge in [-0.25, -0.2) is 0 Å². The van der Waals surface area contributed by atoms with E-state index in [4.69, 9.17) is 5.73 Å². The molecule has 5 heteroatoms. The van der Waals surface area contributed by atoms with E-state index in [0.29, 0.717) is 5.56 Å². The fourth-order valence-corrected chi connectivity index (χ4v) is 2.04. The molecule has 0 radical (unpaired) electrons. The predicted octanol–water partition coefficient (Wildman–Crippen LogP) is 3.25. The predicted molar refractivity (Wildman–Crippen MR) is 80.9 cm³/mol. The summed E-state index contributed by atoms with van der Waals surface area (Å²) in [6.45, 7) is 1.81. The number of hydrogen-bond donors (Lipinski definition) is 1. The third kappa shape index (κ3) is 2.90. The average Bonchev–Trinajstić information content (AvgIpc) is 2.48. The number of nitro benzene ring substituents is 1. The molecule has 0 aromatic heterocycles. The molecule has 0 atom stereocenters. The molecule has 104 valence electrons. The quantitative estimate of drug-likeness (QED) is 0.404. The van der Waals surface area contributed by atoms with Gasteiger partial charge < -0.3 is 5.73 Å². The van der Waals surface area contributed by atoms with Crippen LogP contribution >= 0.6 is 0 Å². The molecule has 21 heavy (non-hydrogen) atoms. The fourth-order valence-electron chi connectivity index (χ4n) is 2.04. The molecule has 0 saturated carbocycles. The van der Waals surface area contributed by atoms with Crippen LogP contribution in [0.5, 0.6) is 0 Å². The summed E-state index contributed by atoms with van der Waals surface area (Å²) in [4.78, 5) is 10.6. The molecule has 0 aliphatic rings. The van der Waals surface area contributed by atoms with Gasteiger partial charge in [0.25, 0.3) is 5.69 Å². The summed E-state index contributed by atoms with van der Waals surface area (Å²) in [5.74, 6) is 0. The summed E-state index contributed by atoms with van der Waals surface area (Å²) in [5.41, 5.74) is 8.00. The summed E-state index contributed by atoms with van der Waals surface area (Å²) in [6, 6.07) is 15.6. The van der Waals surface area contributed by atoms with Gasteiger partial charge in [0.2, 0.25) is 0 Å². The molecule has 0 amide bonds. The summed E-state index contributed by atoms with van der Waals surface area (Å²) in [6.07, 6.45) is 0. The highest BCUT2D eigenvalue weighted by atomic mass is 16.6. The van der Waals surface area contributed by atoms with Crippen molar-refractivity contribution >= 4 is 17.0 Å². The first-order valence-electron chi connectivity index (χ1n) is 6.25. The van der Waals surface area contributed by atoms with Crippen LogP contribution in [0, 0.1) is 28.4 Å². The van der Waals surface area contributed by atoms with Crippen molar-refractivity contribution in [2.45, 2.75) is 6.92 Å². The summed E-state index contributed by atoms with van der Waals surface area (Å²) in [5, 5.41) is 20.5. The number of nitrogens with zero attached hydrogens (tertiary/aromatic N) is 2. The van der Waals surface area contributed by atoms with E-state index in [9.17, 15) is 15.4 Å². The Balaban J connectivity index is 2.70. The maximum absolute atomic E-state index is 11.1. The third-order valence-electron chi connectivity index (χ3n) is 3.08. The van der Waals surface area contributed by atoms with E-state index in [1.807, 2.05) is 19.1 Å². The molecule has 2 N–H and O–H groups in total. The average molecular weight is 279 g/mol. The van der Waals surface area contributed by atoms with Crippen LogP contribution in [-0.2, 0) is 0 Å². The Hall–Kier alpha value is -3.13. The van der Waals surface area contributed by atoms with Crippen molar-refractivity contribution in [3.05, 3.63) is 75.3 Å². The Morgan fingerprint density at radius 2 is 1.90 bits per heavy atom. The molecule has 0 unspecified atom stereocenters. The summed E-state index contributed by atoms with van der Waals surface area (Å²) < 4.78 is 0. The second-order valence-electron chi connectivity index (χ2n) is 4.54. The molecule has 2 aromatic carbocycles.